The minimum atomic E-state index is -3.42. The number of carbonyl (C=O) groups is 1. The van der Waals surface area contributed by atoms with Crippen molar-refractivity contribution >= 4 is 54.0 Å². The van der Waals surface area contributed by atoms with Crippen molar-refractivity contribution in [3.63, 3.8) is 0 Å². The van der Waals surface area contributed by atoms with E-state index in [-0.39, 0.29) is 17.1 Å². The Hall–Kier alpha value is -1.45. The lowest BCUT2D eigenvalue weighted by atomic mass is 10.1. The Morgan fingerprint density at radius 1 is 1.46 bits per heavy atom. The zero-order chi connectivity index (χ0) is 17.6. The van der Waals surface area contributed by atoms with E-state index in [9.17, 15) is 13.2 Å². The van der Waals surface area contributed by atoms with Gasteiger partial charge in [-0.15, -0.1) is 0 Å². The fourth-order valence-corrected chi connectivity index (χ4v) is 4.96. The van der Waals surface area contributed by atoms with Crippen molar-refractivity contribution in [3.05, 3.63) is 38.8 Å². The van der Waals surface area contributed by atoms with E-state index < -0.39 is 10.0 Å². The lowest BCUT2D eigenvalue weighted by Crippen LogP contribution is -2.35. The van der Waals surface area contributed by atoms with Gasteiger partial charge in [0.05, 0.1) is 11.9 Å². The summed E-state index contributed by atoms with van der Waals surface area (Å²) < 4.78 is 26.0. The monoisotopic (exact) mass is 429 g/mol. The largest absolute Gasteiger partial charge is 0.304 e. The molecule has 1 N–H and O–H groups in total. The first-order chi connectivity index (χ1) is 11.2. The van der Waals surface area contributed by atoms with Gasteiger partial charge in [0, 0.05) is 16.2 Å². The Balaban J connectivity index is 1.96. The molecule has 0 radical (unpaired) electrons. The summed E-state index contributed by atoms with van der Waals surface area (Å²) in [5, 5.41) is 0.209. The van der Waals surface area contributed by atoms with Gasteiger partial charge in [-0.3, -0.25) is 9.52 Å². The quantitative estimate of drug-likeness (QED) is 0.812. The van der Waals surface area contributed by atoms with Gasteiger partial charge in [-0.05, 0) is 44.0 Å². The van der Waals surface area contributed by atoms with E-state index in [1.165, 1.54) is 0 Å². The first kappa shape index (κ1) is 17.4. The first-order valence-corrected chi connectivity index (χ1v) is 10.7. The number of rotatable bonds is 3. The van der Waals surface area contributed by atoms with Gasteiger partial charge >= 0.3 is 0 Å². The second kappa shape index (κ2) is 6.12. The maximum atomic E-state index is 13.0. The summed E-state index contributed by atoms with van der Waals surface area (Å²) in [6, 6.07) is 5.89. The van der Waals surface area contributed by atoms with Gasteiger partial charge in [0.2, 0.25) is 10.0 Å². The van der Waals surface area contributed by atoms with Gasteiger partial charge in [-0.2, -0.15) is 0 Å². The van der Waals surface area contributed by atoms with E-state index in [2.05, 4.69) is 25.6 Å². The average molecular weight is 430 g/mol. The number of hydrogen-bond acceptors (Lipinski definition) is 5. The zero-order valence-electron chi connectivity index (χ0n) is 13.3. The first-order valence-electron chi connectivity index (χ1n) is 7.23. The molecular formula is C15H16BrN3O3S2. The second-order valence-corrected chi connectivity index (χ2v) is 9.47. The van der Waals surface area contributed by atoms with Gasteiger partial charge in [0.15, 0.2) is 5.13 Å². The highest BCUT2D eigenvalue weighted by Crippen LogP contribution is 2.36. The fourth-order valence-electron chi connectivity index (χ4n) is 2.82. The third kappa shape index (κ3) is 3.33. The van der Waals surface area contributed by atoms with Crippen LogP contribution in [0, 0.1) is 6.92 Å². The standard InChI is InChI=1S/C15H16BrN3O3S2/c1-8-6-10-7-11(16)4-5-12(10)19(8)14(20)13-9(2)17-15(23-13)18-24(3,21)22/h4-5,7-8H,6H2,1-3H3,(H,17,18)/t8-/m0/s1. The summed E-state index contributed by atoms with van der Waals surface area (Å²) in [6.07, 6.45) is 1.84. The van der Waals surface area contributed by atoms with Crippen LogP contribution < -0.4 is 9.62 Å². The third-order valence-corrected chi connectivity index (χ3v) is 5.99. The normalized spacial score (nSPS) is 17.0. The van der Waals surface area contributed by atoms with Gasteiger partial charge < -0.3 is 4.90 Å². The fraction of sp³-hybridized carbons (Fsp3) is 0.333. The summed E-state index contributed by atoms with van der Waals surface area (Å²) in [7, 11) is -3.42. The Labute approximate surface area is 153 Å². The molecule has 1 atom stereocenters. The van der Waals surface area contributed by atoms with Gasteiger partial charge in [0.25, 0.3) is 5.91 Å². The number of aromatic nitrogens is 1. The van der Waals surface area contributed by atoms with E-state index in [1.54, 1.807) is 11.8 Å². The Morgan fingerprint density at radius 3 is 2.83 bits per heavy atom. The van der Waals surface area contributed by atoms with E-state index in [0.29, 0.717) is 10.6 Å². The third-order valence-electron chi connectivity index (χ3n) is 3.74. The van der Waals surface area contributed by atoms with E-state index in [0.717, 1.165) is 39.7 Å². The molecule has 1 aliphatic rings. The van der Waals surface area contributed by atoms with E-state index >= 15 is 0 Å². The highest BCUT2D eigenvalue weighted by atomic mass is 79.9. The molecule has 128 valence electrons. The van der Waals surface area contributed by atoms with Crippen LogP contribution in [0.2, 0.25) is 0 Å². The summed E-state index contributed by atoms with van der Waals surface area (Å²) >= 11 is 4.51. The molecule has 0 saturated heterocycles. The van der Waals surface area contributed by atoms with Crippen molar-refractivity contribution in [3.8, 4) is 0 Å². The van der Waals surface area contributed by atoms with Gasteiger partial charge in [-0.1, -0.05) is 27.3 Å². The number of nitrogens with zero attached hydrogens (tertiary/aromatic N) is 2. The number of benzene rings is 1. The number of aryl methyl sites for hydroxylation is 1. The number of anilines is 2. The molecule has 1 aromatic carbocycles. The Bertz CT molecular complexity index is 924. The van der Waals surface area contributed by atoms with Crippen LogP contribution in [-0.2, 0) is 16.4 Å². The van der Waals surface area contributed by atoms with Crippen LogP contribution in [0.4, 0.5) is 10.8 Å². The molecule has 0 spiro atoms. The molecule has 3 rings (SSSR count). The van der Waals surface area contributed by atoms with Crippen molar-refractivity contribution in [2.75, 3.05) is 15.9 Å². The summed E-state index contributed by atoms with van der Waals surface area (Å²) in [4.78, 5) is 19.4. The highest BCUT2D eigenvalue weighted by Gasteiger charge is 2.33. The number of nitrogens with one attached hydrogen (secondary N) is 1. The maximum absolute atomic E-state index is 13.0. The predicted octanol–water partition coefficient (Wildman–Crippen LogP) is 3.18. The summed E-state index contributed by atoms with van der Waals surface area (Å²) in [5.74, 6) is -0.153. The number of fused-ring (bicyclic) bond motifs is 1. The molecule has 1 amide bonds. The van der Waals surface area contributed by atoms with Crippen molar-refractivity contribution in [1.82, 2.24) is 4.98 Å². The molecule has 6 nitrogen and oxygen atoms in total. The molecule has 0 bridgehead atoms. The molecule has 2 aromatic rings. The number of carbonyl (C=O) groups excluding carboxylic acids is 1. The molecule has 9 heteroatoms. The van der Waals surface area contributed by atoms with Gasteiger partial charge in [0.1, 0.15) is 4.88 Å². The Morgan fingerprint density at radius 2 is 2.17 bits per heavy atom. The van der Waals surface area contributed by atoms with E-state index in [1.807, 2.05) is 25.1 Å². The molecule has 1 aromatic heterocycles. The molecule has 0 saturated carbocycles. The number of thiazole rings is 1. The zero-order valence-corrected chi connectivity index (χ0v) is 16.5. The second-order valence-electron chi connectivity index (χ2n) is 5.81. The summed E-state index contributed by atoms with van der Waals surface area (Å²) in [6.45, 7) is 3.71. The SMILES string of the molecule is Cc1nc(NS(C)(=O)=O)sc1C(=O)N1c2ccc(Br)cc2C[C@@H]1C. The maximum Gasteiger partial charge on any atom is 0.270 e. The topological polar surface area (TPSA) is 79.4 Å². The molecule has 0 unspecified atom stereocenters. The molecule has 2 heterocycles. The van der Waals surface area contributed by atoms with Crippen molar-refractivity contribution < 1.29 is 13.2 Å². The van der Waals surface area contributed by atoms with Crippen LogP contribution in [0.1, 0.15) is 27.9 Å². The smallest absolute Gasteiger partial charge is 0.270 e. The molecular weight excluding hydrogens is 414 g/mol. The molecule has 0 aliphatic carbocycles. The van der Waals surface area contributed by atoms with Crippen molar-refractivity contribution in [2.24, 2.45) is 0 Å². The van der Waals surface area contributed by atoms with E-state index in [4.69, 9.17) is 0 Å². The minimum absolute atomic E-state index is 0.0367. The lowest BCUT2D eigenvalue weighted by molar-refractivity contribution is 0.0984. The molecule has 0 fully saturated rings. The van der Waals surface area contributed by atoms with Crippen molar-refractivity contribution in [1.29, 1.82) is 0 Å². The van der Waals surface area contributed by atoms with Crippen molar-refractivity contribution in [2.45, 2.75) is 26.3 Å². The lowest BCUT2D eigenvalue weighted by Gasteiger charge is -2.22. The highest BCUT2D eigenvalue weighted by molar-refractivity contribution is 9.10. The number of sulfonamides is 1. The van der Waals surface area contributed by atoms with Crippen LogP contribution in [0.25, 0.3) is 0 Å². The van der Waals surface area contributed by atoms with Crippen LogP contribution in [-0.4, -0.2) is 31.6 Å². The summed E-state index contributed by atoms with van der Waals surface area (Å²) in [5.41, 5.74) is 2.52. The molecule has 1 aliphatic heterocycles. The van der Waals surface area contributed by atoms with Crippen LogP contribution >= 0.6 is 27.3 Å². The van der Waals surface area contributed by atoms with Gasteiger partial charge in [-0.25, -0.2) is 13.4 Å². The van der Waals surface area contributed by atoms with Crippen LogP contribution in [0.5, 0.6) is 0 Å². The number of amides is 1. The molecule has 24 heavy (non-hydrogen) atoms. The predicted molar refractivity (Wildman–Crippen MR) is 99.4 cm³/mol. The minimum Gasteiger partial charge on any atom is -0.304 e. The Kier molecular flexibility index (Phi) is 4.43. The van der Waals surface area contributed by atoms with Crippen LogP contribution in [0.15, 0.2) is 22.7 Å². The number of halogens is 1. The number of hydrogen-bond donors (Lipinski definition) is 1. The van der Waals surface area contributed by atoms with Crippen LogP contribution in [0.3, 0.4) is 0 Å². The average Bonchev–Trinajstić information content (AvgIpc) is 2.95.